The van der Waals surface area contributed by atoms with Gasteiger partial charge in [-0.2, -0.15) is 0 Å². The quantitative estimate of drug-likeness (QED) is 0.684. The lowest BCUT2D eigenvalue weighted by Crippen LogP contribution is -2.04. The number of methoxy groups -OCH3 is 1. The van der Waals surface area contributed by atoms with Crippen molar-refractivity contribution in [1.82, 2.24) is 15.0 Å². The van der Waals surface area contributed by atoms with Crippen molar-refractivity contribution in [2.75, 3.05) is 7.11 Å². The molecular weight excluding hydrogens is 182 g/mol. The third-order valence-electron chi connectivity index (χ3n) is 1.97. The number of carbonyl (C=O) groups excluding carboxylic acids is 1. The molecule has 0 unspecified atom stereocenters. The molecule has 0 aliphatic heterocycles. The molecule has 5 heteroatoms. The standard InChI is InChI=1S/C9H9N3O2/c1-5-3-10-8-7(5)12-6(4-11-8)9(13)14-2/h3-4H,1-2H3,(H,10,11). The summed E-state index contributed by atoms with van der Waals surface area (Å²) in [6, 6.07) is 0. The first kappa shape index (κ1) is 8.68. The van der Waals surface area contributed by atoms with Crippen LogP contribution in [0, 0.1) is 6.92 Å². The molecule has 0 amide bonds. The summed E-state index contributed by atoms with van der Waals surface area (Å²) in [5.74, 6) is -0.472. The monoisotopic (exact) mass is 191 g/mol. The molecule has 5 nitrogen and oxygen atoms in total. The second-order valence-electron chi connectivity index (χ2n) is 2.92. The fourth-order valence-electron chi connectivity index (χ4n) is 1.22. The van der Waals surface area contributed by atoms with Crippen molar-refractivity contribution in [3.63, 3.8) is 0 Å². The zero-order valence-electron chi connectivity index (χ0n) is 7.87. The maximum absolute atomic E-state index is 11.2. The molecule has 2 aromatic rings. The Morgan fingerprint density at radius 2 is 2.36 bits per heavy atom. The highest BCUT2D eigenvalue weighted by Gasteiger charge is 2.10. The zero-order valence-corrected chi connectivity index (χ0v) is 7.87. The van der Waals surface area contributed by atoms with E-state index in [-0.39, 0.29) is 5.69 Å². The fraction of sp³-hybridized carbons (Fsp3) is 0.222. The first-order valence-electron chi connectivity index (χ1n) is 4.11. The first-order chi connectivity index (χ1) is 6.72. The SMILES string of the molecule is COC(=O)c1cnc2[nH]cc(C)c2n1. The molecule has 0 atom stereocenters. The molecule has 14 heavy (non-hydrogen) atoms. The Labute approximate surface area is 80.1 Å². The van der Waals surface area contributed by atoms with Gasteiger partial charge in [0.2, 0.25) is 0 Å². The smallest absolute Gasteiger partial charge is 0.358 e. The average molecular weight is 191 g/mol. The molecule has 2 heterocycles. The van der Waals surface area contributed by atoms with E-state index >= 15 is 0 Å². The number of aromatic amines is 1. The van der Waals surface area contributed by atoms with Gasteiger partial charge < -0.3 is 9.72 Å². The number of ether oxygens (including phenoxy) is 1. The van der Waals surface area contributed by atoms with Crippen LogP contribution in [0.3, 0.4) is 0 Å². The van der Waals surface area contributed by atoms with Crippen LogP contribution < -0.4 is 0 Å². The van der Waals surface area contributed by atoms with Gasteiger partial charge in [-0.1, -0.05) is 0 Å². The summed E-state index contributed by atoms with van der Waals surface area (Å²) in [6.07, 6.45) is 3.19. The summed E-state index contributed by atoms with van der Waals surface area (Å²) in [5, 5.41) is 0. The lowest BCUT2D eigenvalue weighted by molar-refractivity contribution is 0.0594. The number of nitrogens with zero attached hydrogens (tertiary/aromatic N) is 2. The van der Waals surface area contributed by atoms with Gasteiger partial charge in [0, 0.05) is 6.20 Å². The van der Waals surface area contributed by atoms with Gasteiger partial charge in [0.1, 0.15) is 5.52 Å². The molecule has 72 valence electrons. The Morgan fingerprint density at radius 3 is 3.07 bits per heavy atom. The van der Waals surface area contributed by atoms with Crippen LogP contribution in [0.2, 0.25) is 0 Å². The van der Waals surface area contributed by atoms with Gasteiger partial charge >= 0.3 is 5.97 Å². The number of fused-ring (bicyclic) bond motifs is 1. The fourth-order valence-corrected chi connectivity index (χ4v) is 1.22. The molecule has 2 rings (SSSR count). The number of nitrogens with one attached hydrogen (secondary N) is 1. The van der Waals surface area contributed by atoms with Crippen molar-refractivity contribution in [2.45, 2.75) is 6.92 Å². The van der Waals surface area contributed by atoms with Crippen LogP contribution in [0.5, 0.6) is 0 Å². The second-order valence-corrected chi connectivity index (χ2v) is 2.92. The molecule has 0 fully saturated rings. The second kappa shape index (κ2) is 3.10. The van der Waals surface area contributed by atoms with E-state index in [2.05, 4.69) is 19.7 Å². The van der Waals surface area contributed by atoms with Gasteiger partial charge in [-0.15, -0.1) is 0 Å². The Balaban J connectivity index is 2.60. The number of hydrogen-bond donors (Lipinski definition) is 1. The minimum Gasteiger partial charge on any atom is -0.464 e. The molecule has 0 spiro atoms. The van der Waals surface area contributed by atoms with Crippen LogP contribution >= 0.6 is 0 Å². The van der Waals surface area contributed by atoms with E-state index in [1.54, 1.807) is 6.20 Å². The van der Waals surface area contributed by atoms with E-state index in [0.29, 0.717) is 11.2 Å². The molecule has 2 aromatic heterocycles. The lowest BCUT2D eigenvalue weighted by Gasteiger charge is -1.97. The Kier molecular flexibility index (Phi) is 1.92. The molecule has 1 N–H and O–H groups in total. The first-order valence-corrected chi connectivity index (χ1v) is 4.11. The van der Waals surface area contributed by atoms with Gasteiger partial charge in [-0.3, -0.25) is 0 Å². The van der Waals surface area contributed by atoms with Gasteiger partial charge in [-0.05, 0) is 12.5 Å². The van der Waals surface area contributed by atoms with Crippen molar-refractivity contribution in [3.8, 4) is 0 Å². The van der Waals surface area contributed by atoms with Gasteiger partial charge in [0.15, 0.2) is 11.3 Å². The van der Waals surface area contributed by atoms with Gasteiger partial charge in [0.25, 0.3) is 0 Å². The van der Waals surface area contributed by atoms with E-state index in [4.69, 9.17) is 0 Å². The van der Waals surface area contributed by atoms with E-state index in [1.807, 2.05) is 6.92 Å². The maximum atomic E-state index is 11.2. The van der Waals surface area contributed by atoms with Gasteiger partial charge in [0.05, 0.1) is 13.3 Å². The van der Waals surface area contributed by atoms with Crippen molar-refractivity contribution >= 4 is 17.1 Å². The number of rotatable bonds is 1. The molecular formula is C9H9N3O2. The van der Waals surface area contributed by atoms with Crippen LogP contribution in [0.25, 0.3) is 11.2 Å². The van der Waals surface area contributed by atoms with Crippen molar-refractivity contribution in [1.29, 1.82) is 0 Å². The number of aromatic nitrogens is 3. The number of H-pyrrole nitrogens is 1. The molecule has 0 saturated heterocycles. The van der Waals surface area contributed by atoms with Crippen molar-refractivity contribution in [3.05, 3.63) is 23.7 Å². The number of carbonyl (C=O) groups is 1. The number of hydrogen-bond acceptors (Lipinski definition) is 4. The van der Waals surface area contributed by atoms with Crippen LogP contribution in [0.4, 0.5) is 0 Å². The average Bonchev–Trinajstić information content (AvgIpc) is 2.59. The molecule has 0 aliphatic rings. The largest absolute Gasteiger partial charge is 0.464 e. The van der Waals surface area contributed by atoms with Crippen molar-refractivity contribution in [2.24, 2.45) is 0 Å². The minimum atomic E-state index is -0.472. The van der Waals surface area contributed by atoms with Crippen molar-refractivity contribution < 1.29 is 9.53 Å². The zero-order chi connectivity index (χ0) is 10.1. The number of aryl methyl sites for hydroxylation is 1. The summed E-state index contributed by atoms with van der Waals surface area (Å²) in [5.41, 5.74) is 2.56. The number of esters is 1. The highest BCUT2D eigenvalue weighted by atomic mass is 16.5. The Bertz CT molecular complexity index is 490. The van der Waals surface area contributed by atoms with E-state index in [9.17, 15) is 4.79 Å². The summed E-state index contributed by atoms with van der Waals surface area (Å²) in [6.45, 7) is 1.90. The normalized spacial score (nSPS) is 10.4. The Hall–Kier alpha value is -1.91. The highest BCUT2D eigenvalue weighted by Crippen LogP contribution is 2.12. The van der Waals surface area contributed by atoms with Crippen LogP contribution in [0.1, 0.15) is 16.1 Å². The summed E-state index contributed by atoms with van der Waals surface area (Å²) in [4.78, 5) is 22.3. The van der Waals surface area contributed by atoms with Crippen LogP contribution in [-0.4, -0.2) is 28.0 Å². The summed E-state index contributed by atoms with van der Waals surface area (Å²) in [7, 11) is 1.32. The molecule has 0 bridgehead atoms. The predicted molar refractivity (Wildman–Crippen MR) is 50.0 cm³/mol. The summed E-state index contributed by atoms with van der Waals surface area (Å²) >= 11 is 0. The summed E-state index contributed by atoms with van der Waals surface area (Å²) < 4.78 is 4.55. The van der Waals surface area contributed by atoms with Crippen LogP contribution in [0.15, 0.2) is 12.4 Å². The predicted octanol–water partition coefficient (Wildman–Crippen LogP) is 1.05. The van der Waals surface area contributed by atoms with E-state index in [0.717, 1.165) is 5.56 Å². The molecule has 0 saturated carbocycles. The molecule has 0 radical (unpaired) electrons. The molecule has 0 aliphatic carbocycles. The van der Waals surface area contributed by atoms with E-state index in [1.165, 1.54) is 13.3 Å². The van der Waals surface area contributed by atoms with Crippen LogP contribution in [-0.2, 0) is 4.74 Å². The van der Waals surface area contributed by atoms with E-state index < -0.39 is 5.97 Å². The highest BCUT2D eigenvalue weighted by molar-refractivity contribution is 5.89. The molecule has 0 aromatic carbocycles. The van der Waals surface area contributed by atoms with Gasteiger partial charge in [-0.25, -0.2) is 14.8 Å². The lowest BCUT2D eigenvalue weighted by atomic mass is 10.3. The topological polar surface area (TPSA) is 67.9 Å². The third-order valence-corrected chi connectivity index (χ3v) is 1.97. The third kappa shape index (κ3) is 1.22. The minimum absolute atomic E-state index is 0.225. The maximum Gasteiger partial charge on any atom is 0.358 e. The Morgan fingerprint density at radius 1 is 1.57 bits per heavy atom.